The van der Waals surface area contributed by atoms with Gasteiger partial charge in [-0.1, -0.05) is 24.3 Å². The van der Waals surface area contributed by atoms with Crippen LogP contribution in [0.3, 0.4) is 0 Å². The molecule has 0 spiro atoms. The molecule has 24 heavy (non-hydrogen) atoms. The van der Waals surface area contributed by atoms with E-state index in [0.717, 1.165) is 16.5 Å². The monoisotopic (exact) mass is 323 g/mol. The van der Waals surface area contributed by atoms with Crippen molar-refractivity contribution >= 4 is 28.2 Å². The summed E-state index contributed by atoms with van der Waals surface area (Å²) in [5, 5.41) is 14.8. The van der Waals surface area contributed by atoms with Gasteiger partial charge in [0.05, 0.1) is 4.92 Å². The van der Waals surface area contributed by atoms with Crippen molar-refractivity contribution in [1.29, 1.82) is 0 Å². The van der Waals surface area contributed by atoms with Gasteiger partial charge in [-0.25, -0.2) is 0 Å². The maximum Gasteiger partial charge on any atom is 0.274 e. The first-order valence-electron chi connectivity index (χ1n) is 7.64. The van der Waals surface area contributed by atoms with E-state index >= 15 is 0 Å². The molecule has 0 aliphatic rings. The standard InChI is InChI=1S/C18H17N3O3/c1-12-6-8-14(10-17(12)21(23)24)20-18(22)9-7-13-11-19-16-5-3-2-4-15(13)16/h2-6,8,10-11,19H,7,9H2,1H3,(H,20,22). The summed E-state index contributed by atoms with van der Waals surface area (Å²) in [6.07, 6.45) is 2.82. The predicted octanol–water partition coefficient (Wildman–Crippen LogP) is 3.96. The zero-order valence-corrected chi connectivity index (χ0v) is 13.2. The Bertz CT molecular complexity index is 915. The fourth-order valence-electron chi connectivity index (χ4n) is 2.69. The third kappa shape index (κ3) is 3.27. The van der Waals surface area contributed by atoms with Gasteiger partial charge in [-0.3, -0.25) is 14.9 Å². The molecule has 1 heterocycles. The van der Waals surface area contributed by atoms with Crippen LogP contribution in [0.4, 0.5) is 11.4 Å². The molecule has 0 aliphatic carbocycles. The third-order valence-electron chi connectivity index (χ3n) is 3.99. The molecular formula is C18H17N3O3. The average Bonchev–Trinajstić information content (AvgIpc) is 2.98. The van der Waals surface area contributed by atoms with Crippen LogP contribution < -0.4 is 5.32 Å². The average molecular weight is 323 g/mol. The first-order valence-corrected chi connectivity index (χ1v) is 7.64. The molecule has 0 fully saturated rings. The molecule has 0 bridgehead atoms. The number of carbonyl (C=O) groups excluding carboxylic acids is 1. The molecule has 0 atom stereocenters. The summed E-state index contributed by atoms with van der Waals surface area (Å²) in [6.45, 7) is 1.67. The number of rotatable bonds is 5. The second-order valence-corrected chi connectivity index (χ2v) is 5.67. The number of nitrogens with one attached hydrogen (secondary N) is 2. The summed E-state index contributed by atoms with van der Waals surface area (Å²) >= 11 is 0. The van der Waals surface area contributed by atoms with Gasteiger partial charge in [0.1, 0.15) is 0 Å². The number of H-pyrrole nitrogens is 1. The Morgan fingerprint density at radius 2 is 2.04 bits per heavy atom. The predicted molar refractivity (Wildman–Crippen MR) is 93.1 cm³/mol. The number of aromatic amines is 1. The molecular weight excluding hydrogens is 306 g/mol. The minimum absolute atomic E-state index is 0.00410. The minimum atomic E-state index is -0.447. The van der Waals surface area contributed by atoms with Crippen LogP contribution in [-0.4, -0.2) is 15.8 Å². The van der Waals surface area contributed by atoms with Gasteiger partial charge >= 0.3 is 0 Å². The number of benzene rings is 2. The number of hydrogen-bond acceptors (Lipinski definition) is 3. The van der Waals surface area contributed by atoms with E-state index in [2.05, 4.69) is 10.3 Å². The van der Waals surface area contributed by atoms with Crippen molar-refractivity contribution in [2.24, 2.45) is 0 Å². The van der Waals surface area contributed by atoms with Gasteiger partial charge in [0.25, 0.3) is 5.69 Å². The largest absolute Gasteiger partial charge is 0.361 e. The van der Waals surface area contributed by atoms with Crippen molar-refractivity contribution in [1.82, 2.24) is 4.98 Å². The Balaban J connectivity index is 1.66. The van der Waals surface area contributed by atoms with Crippen LogP contribution in [-0.2, 0) is 11.2 Å². The van der Waals surface area contributed by atoms with E-state index in [0.29, 0.717) is 24.1 Å². The van der Waals surface area contributed by atoms with Crippen LogP contribution in [0.1, 0.15) is 17.5 Å². The summed E-state index contributed by atoms with van der Waals surface area (Å²) in [5.41, 5.74) is 3.13. The number of amides is 1. The van der Waals surface area contributed by atoms with Gasteiger partial charge in [-0.15, -0.1) is 0 Å². The summed E-state index contributed by atoms with van der Waals surface area (Å²) < 4.78 is 0. The molecule has 6 heteroatoms. The highest BCUT2D eigenvalue weighted by Gasteiger charge is 2.13. The summed E-state index contributed by atoms with van der Waals surface area (Å²) in [5.74, 6) is -0.168. The summed E-state index contributed by atoms with van der Waals surface area (Å²) in [4.78, 5) is 25.8. The minimum Gasteiger partial charge on any atom is -0.361 e. The van der Waals surface area contributed by atoms with E-state index in [1.807, 2.05) is 30.5 Å². The topological polar surface area (TPSA) is 88.0 Å². The SMILES string of the molecule is Cc1ccc(NC(=O)CCc2c[nH]c3ccccc23)cc1[N+](=O)[O-]. The van der Waals surface area contributed by atoms with Crippen LogP contribution >= 0.6 is 0 Å². The number of aryl methyl sites for hydroxylation is 2. The molecule has 3 rings (SSSR count). The number of hydrogen-bond donors (Lipinski definition) is 2. The molecule has 0 saturated carbocycles. The lowest BCUT2D eigenvalue weighted by Crippen LogP contribution is -2.12. The summed E-state index contributed by atoms with van der Waals surface area (Å²) in [7, 11) is 0. The zero-order chi connectivity index (χ0) is 17.1. The second kappa shape index (κ2) is 6.54. The molecule has 0 unspecified atom stereocenters. The molecule has 0 aliphatic heterocycles. The highest BCUT2D eigenvalue weighted by Crippen LogP contribution is 2.23. The van der Waals surface area contributed by atoms with Crippen molar-refractivity contribution in [2.75, 3.05) is 5.32 Å². The molecule has 2 aromatic carbocycles. The van der Waals surface area contributed by atoms with Gasteiger partial charge in [0, 0.05) is 40.8 Å². The lowest BCUT2D eigenvalue weighted by atomic mass is 10.1. The van der Waals surface area contributed by atoms with Crippen LogP contribution in [0.15, 0.2) is 48.7 Å². The van der Waals surface area contributed by atoms with Crippen LogP contribution in [0.2, 0.25) is 0 Å². The fourth-order valence-corrected chi connectivity index (χ4v) is 2.69. The highest BCUT2D eigenvalue weighted by molar-refractivity contribution is 5.92. The third-order valence-corrected chi connectivity index (χ3v) is 3.99. The van der Waals surface area contributed by atoms with Crippen molar-refractivity contribution in [2.45, 2.75) is 19.8 Å². The molecule has 122 valence electrons. The highest BCUT2D eigenvalue weighted by atomic mass is 16.6. The Kier molecular flexibility index (Phi) is 4.29. The molecule has 0 radical (unpaired) electrons. The number of anilines is 1. The second-order valence-electron chi connectivity index (χ2n) is 5.67. The van der Waals surface area contributed by atoms with Crippen LogP contribution in [0.5, 0.6) is 0 Å². The number of carbonyl (C=O) groups is 1. The number of nitrogens with zero attached hydrogens (tertiary/aromatic N) is 1. The van der Waals surface area contributed by atoms with Gasteiger partial charge in [-0.05, 0) is 31.0 Å². The molecule has 0 saturated heterocycles. The number of fused-ring (bicyclic) bond motifs is 1. The van der Waals surface area contributed by atoms with Crippen molar-refractivity contribution in [3.63, 3.8) is 0 Å². The van der Waals surface area contributed by atoms with Gasteiger partial charge < -0.3 is 10.3 Å². The van der Waals surface area contributed by atoms with Crippen molar-refractivity contribution in [3.8, 4) is 0 Å². The quantitative estimate of drug-likeness (QED) is 0.550. The first-order chi connectivity index (χ1) is 11.5. The van der Waals surface area contributed by atoms with E-state index in [1.54, 1.807) is 19.1 Å². The maximum atomic E-state index is 12.1. The van der Waals surface area contributed by atoms with Gasteiger partial charge in [0.2, 0.25) is 5.91 Å². The van der Waals surface area contributed by atoms with Crippen molar-refractivity contribution in [3.05, 3.63) is 69.9 Å². The summed E-state index contributed by atoms with van der Waals surface area (Å²) in [6, 6.07) is 12.6. The number of aromatic nitrogens is 1. The van der Waals surface area contributed by atoms with E-state index in [1.165, 1.54) is 6.07 Å². The number of nitro groups is 1. The Morgan fingerprint density at radius 3 is 2.83 bits per heavy atom. The van der Waals surface area contributed by atoms with Crippen LogP contribution in [0, 0.1) is 17.0 Å². The van der Waals surface area contributed by atoms with Gasteiger partial charge in [0.15, 0.2) is 0 Å². The Hall–Kier alpha value is -3.15. The van der Waals surface area contributed by atoms with E-state index in [9.17, 15) is 14.9 Å². The molecule has 6 nitrogen and oxygen atoms in total. The number of para-hydroxylation sites is 1. The lowest BCUT2D eigenvalue weighted by molar-refractivity contribution is -0.385. The molecule has 1 aromatic heterocycles. The maximum absolute atomic E-state index is 12.1. The van der Waals surface area contributed by atoms with Crippen LogP contribution in [0.25, 0.3) is 10.9 Å². The normalized spacial score (nSPS) is 10.7. The molecule has 1 amide bonds. The van der Waals surface area contributed by atoms with E-state index in [4.69, 9.17) is 0 Å². The zero-order valence-electron chi connectivity index (χ0n) is 13.2. The number of nitro benzene ring substituents is 1. The molecule has 2 N–H and O–H groups in total. The fraction of sp³-hybridized carbons (Fsp3) is 0.167. The molecule has 3 aromatic rings. The Morgan fingerprint density at radius 1 is 1.25 bits per heavy atom. The van der Waals surface area contributed by atoms with E-state index < -0.39 is 4.92 Å². The van der Waals surface area contributed by atoms with Gasteiger partial charge in [-0.2, -0.15) is 0 Å². The van der Waals surface area contributed by atoms with E-state index in [-0.39, 0.29) is 11.6 Å². The lowest BCUT2D eigenvalue weighted by Gasteiger charge is -2.06. The Labute approximate surface area is 138 Å². The van der Waals surface area contributed by atoms with Crippen molar-refractivity contribution < 1.29 is 9.72 Å². The first kappa shape index (κ1) is 15.7. The smallest absolute Gasteiger partial charge is 0.274 e.